The maximum absolute atomic E-state index is 5.03. The minimum atomic E-state index is 0.238. The lowest BCUT2D eigenvalue weighted by Gasteiger charge is -1.70. The first kappa shape index (κ1) is 11.1. The van der Waals surface area contributed by atoms with Crippen molar-refractivity contribution in [3.05, 3.63) is 34.1 Å². The molecular formula is C14H4. The van der Waals surface area contributed by atoms with Crippen LogP contribution in [0.3, 0.4) is 0 Å². The lowest BCUT2D eigenvalue weighted by molar-refractivity contribution is 1.92. The molecule has 0 saturated carbocycles. The molecule has 0 heterocycles. The van der Waals surface area contributed by atoms with Gasteiger partial charge in [0.2, 0.25) is 0 Å². The Morgan fingerprint density at radius 2 is 0.857 bits per heavy atom. The summed E-state index contributed by atoms with van der Waals surface area (Å²) in [6.07, 6.45) is 20.1. The number of terminal acetylenes is 4. The van der Waals surface area contributed by atoms with Crippen LogP contribution in [0, 0.1) is 49.4 Å². The third kappa shape index (κ3) is 4.08. The molecular weight excluding hydrogens is 168 g/mol. The van der Waals surface area contributed by atoms with Gasteiger partial charge in [0, 0.05) is 0 Å². The zero-order chi connectivity index (χ0) is 10.8. The van der Waals surface area contributed by atoms with Gasteiger partial charge in [-0.3, -0.25) is 0 Å². The Labute approximate surface area is 84.0 Å². The summed E-state index contributed by atoms with van der Waals surface area (Å²) in [6.45, 7) is 0. The van der Waals surface area contributed by atoms with Crippen molar-refractivity contribution in [1.82, 2.24) is 0 Å². The van der Waals surface area contributed by atoms with Crippen molar-refractivity contribution in [2.24, 2.45) is 0 Å². The van der Waals surface area contributed by atoms with Gasteiger partial charge in [0.25, 0.3) is 0 Å². The molecule has 0 amide bonds. The van der Waals surface area contributed by atoms with Crippen LogP contribution in [0.4, 0.5) is 0 Å². The molecule has 0 saturated heterocycles. The highest BCUT2D eigenvalue weighted by molar-refractivity contribution is 5.41. The molecule has 14 heavy (non-hydrogen) atoms. The summed E-state index contributed by atoms with van der Waals surface area (Å²) < 4.78 is 0. The molecule has 0 aliphatic carbocycles. The van der Waals surface area contributed by atoms with Crippen molar-refractivity contribution in [2.75, 3.05) is 0 Å². The van der Waals surface area contributed by atoms with Crippen LogP contribution in [-0.2, 0) is 0 Å². The van der Waals surface area contributed by atoms with E-state index in [4.69, 9.17) is 25.7 Å². The van der Waals surface area contributed by atoms with Crippen LogP contribution < -0.4 is 0 Å². The van der Waals surface area contributed by atoms with E-state index in [1.54, 1.807) is 0 Å². The van der Waals surface area contributed by atoms with Gasteiger partial charge in [-0.25, -0.2) is 0 Å². The summed E-state index contributed by atoms with van der Waals surface area (Å²) in [5.74, 6) is 8.88. The lowest BCUT2D eigenvalue weighted by Crippen LogP contribution is -1.63. The molecule has 0 aromatic heterocycles. The van der Waals surface area contributed by atoms with E-state index >= 15 is 0 Å². The number of rotatable bonds is 0. The van der Waals surface area contributed by atoms with Gasteiger partial charge in [0.1, 0.15) is 11.1 Å². The van der Waals surface area contributed by atoms with Crippen molar-refractivity contribution >= 4 is 0 Å². The molecule has 0 spiro atoms. The minimum Gasteiger partial charge on any atom is -0.113 e. The van der Waals surface area contributed by atoms with Crippen molar-refractivity contribution in [3.63, 3.8) is 0 Å². The standard InChI is InChI=1S/C14H4/c1-5-13(6-2)11-9-10-12-14(7-3)8-4/h1-4H. The highest BCUT2D eigenvalue weighted by Crippen LogP contribution is 1.83. The fourth-order valence-electron chi connectivity index (χ4n) is 0.415. The van der Waals surface area contributed by atoms with E-state index in [1.807, 2.05) is 0 Å². The molecule has 0 heteroatoms. The second-order valence-electron chi connectivity index (χ2n) is 1.83. The Kier molecular flexibility index (Phi) is 5.38. The van der Waals surface area contributed by atoms with Crippen LogP contribution in [0.2, 0.25) is 0 Å². The van der Waals surface area contributed by atoms with Crippen molar-refractivity contribution < 1.29 is 0 Å². The van der Waals surface area contributed by atoms with E-state index in [1.165, 1.54) is 0 Å². The summed E-state index contributed by atoms with van der Waals surface area (Å²) in [4.78, 5) is 0. The first-order valence-electron chi connectivity index (χ1n) is 3.40. The van der Waals surface area contributed by atoms with E-state index < -0.39 is 0 Å². The molecule has 60 valence electrons. The van der Waals surface area contributed by atoms with Crippen molar-refractivity contribution in [1.29, 1.82) is 0 Å². The molecule has 0 aliphatic heterocycles. The van der Waals surface area contributed by atoms with E-state index in [9.17, 15) is 0 Å². The Morgan fingerprint density at radius 3 is 1.07 bits per heavy atom. The van der Waals surface area contributed by atoms with Crippen LogP contribution in [0.1, 0.15) is 0 Å². The fourth-order valence-corrected chi connectivity index (χ4v) is 0.415. The molecule has 0 fully saturated rings. The van der Waals surface area contributed by atoms with Gasteiger partial charge >= 0.3 is 0 Å². The zero-order valence-corrected chi connectivity index (χ0v) is 7.31. The second-order valence-corrected chi connectivity index (χ2v) is 1.83. The van der Waals surface area contributed by atoms with E-state index in [-0.39, 0.29) is 11.1 Å². The SMILES string of the molecule is C#CC(=C=C=C=C=C(C#C)C#C)C#C. The van der Waals surface area contributed by atoms with Gasteiger partial charge in [0.15, 0.2) is 0 Å². The summed E-state index contributed by atoms with van der Waals surface area (Å²) in [7, 11) is 0. The molecule has 0 atom stereocenters. The molecule has 0 aromatic carbocycles. The molecule has 0 rings (SSSR count). The minimum absolute atomic E-state index is 0.238. The molecule has 0 radical (unpaired) electrons. The van der Waals surface area contributed by atoms with Gasteiger partial charge in [-0.1, -0.05) is 23.7 Å². The topological polar surface area (TPSA) is 0 Å². The monoisotopic (exact) mass is 172 g/mol. The molecule has 0 nitrogen and oxygen atoms in total. The van der Waals surface area contributed by atoms with Crippen LogP contribution in [0.25, 0.3) is 0 Å². The third-order valence-electron chi connectivity index (χ3n) is 1.01. The normalized spacial score (nSPS) is 5.14. The average molecular weight is 172 g/mol. The highest BCUT2D eigenvalue weighted by Gasteiger charge is 1.75. The Balaban J connectivity index is 5.62. The smallest absolute Gasteiger partial charge is 0.113 e. The summed E-state index contributed by atoms with van der Waals surface area (Å²) in [5, 5.41) is 0. The van der Waals surface area contributed by atoms with Crippen LogP contribution >= 0.6 is 0 Å². The zero-order valence-electron chi connectivity index (χ0n) is 7.31. The summed E-state index contributed by atoms with van der Waals surface area (Å²) >= 11 is 0. The van der Waals surface area contributed by atoms with E-state index in [0.29, 0.717) is 0 Å². The predicted molar refractivity (Wildman–Crippen MR) is 56.4 cm³/mol. The Hall–Kier alpha value is -2.90. The van der Waals surface area contributed by atoms with Gasteiger partial charge in [-0.2, -0.15) is 0 Å². The Morgan fingerprint density at radius 1 is 0.571 bits per heavy atom. The number of hydrogen-bond acceptors (Lipinski definition) is 0. The third-order valence-corrected chi connectivity index (χ3v) is 1.01. The number of allylic oxidation sites excluding steroid dienone is 2. The van der Waals surface area contributed by atoms with E-state index in [2.05, 4.69) is 46.6 Å². The number of hydrogen-bond donors (Lipinski definition) is 0. The van der Waals surface area contributed by atoms with Crippen LogP contribution in [0.5, 0.6) is 0 Å². The van der Waals surface area contributed by atoms with Gasteiger partial charge in [-0.05, 0) is 22.9 Å². The summed E-state index contributed by atoms with van der Waals surface area (Å²) in [6, 6.07) is 0. The molecule has 0 unspecified atom stereocenters. The van der Waals surface area contributed by atoms with Crippen LogP contribution in [0.15, 0.2) is 34.1 Å². The van der Waals surface area contributed by atoms with E-state index in [0.717, 1.165) is 0 Å². The molecule has 0 aromatic rings. The fraction of sp³-hybridized carbons (Fsp3) is 0. The molecule has 0 aliphatic rings. The first-order chi connectivity index (χ1) is 6.78. The lowest BCUT2D eigenvalue weighted by atomic mass is 10.3. The predicted octanol–water partition coefficient (Wildman–Crippen LogP) is 1.44. The van der Waals surface area contributed by atoms with Gasteiger partial charge in [0.05, 0.1) is 0 Å². The average Bonchev–Trinajstić information content (AvgIpc) is 2.24. The molecule has 0 N–H and O–H groups in total. The van der Waals surface area contributed by atoms with Crippen molar-refractivity contribution in [3.8, 4) is 49.4 Å². The summed E-state index contributed by atoms with van der Waals surface area (Å²) in [5.41, 5.74) is 10.3. The first-order valence-corrected chi connectivity index (χ1v) is 3.40. The highest BCUT2D eigenvalue weighted by atomic mass is 13.7. The quantitative estimate of drug-likeness (QED) is 0.383. The molecule has 0 bridgehead atoms. The second kappa shape index (κ2) is 6.79. The Bertz CT molecular complexity index is 472. The van der Waals surface area contributed by atoms with Gasteiger partial charge < -0.3 is 0 Å². The van der Waals surface area contributed by atoms with Crippen molar-refractivity contribution in [2.45, 2.75) is 0 Å². The maximum Gasteiger partial charge on any atom is 0.124 e. The largest absolute Gasteiger partial charge is 0.124 e. The van der Waals surface area contributed by atoms with Gasteiger partial charge in [-0.15, -0.1) is 25.7 Å². The van der Waals surface area contributed by atoms with Crippen LogP contribution in [-0.4, -0.2) is 0 Å². The maximum atomic E-state index is 5.03.